The van der Waals surface area contributed by atoms with Crippen LogP contribution < -0.4 is 10.2 Å². The van der Waals surface area contributed by atoms with E-state index in [2.05, 4.69) is 47.6 Å². The fraction of sp³-hybridized carbons (Fsp3) is 0.474. The Bertz CT molecular complexity index is 688. The van der Waals surface area contributed by atoms with E-state index in [1.165, 1.54) is 36.1 Å². The molecule has 0 spiro atoms. The van der Waals surface area contributed by atoms with E-state index < -0.39 is 0 Å². The summed E-state index contributed by atoms with van der Waals surface area (Å²) in [7, 11) is 0. The highest BCUT2D eigenvalue weighted by Crippen LogP contribution is 2.37. The van der Waals surface area contributed by atoms with Crippen molar-refractivity contribution in [2.45, 2.75) is 32.1 Å². The third-order valence-electron chi connectivity index (χ3n) is 5.12. The van der Waals surface area contributed by atoms with Gasteiger partial charge < -0.3 is 10.2 Å². The first kappa shape index (κ1) is 14.6. The van der Waals surface area contributed by atoms with Gasteiger partial charge in [-0.3, -0.25) is 0 Å². The Kier molecular flexibility index (Phi) is 4.00. The average molecular weight is 308 g/mol. The summed E-state index contributed by atoms with van der Waals surface area (Å²) in [6, 6.07) is 8.56. The summed E-state index contributed by atoms with van der Waals surface area (Å²) in [4.78, 5) is 12.2. The molecule has 0 radical (unpaired) electrons. The lowest BCUT2D eigenvalue weighted by atomic mass is 9.84. The molecule has 4 rings (SSSR count). The van der Waals surface area contributed by atoms with Crippen LogP contribution in [0.5, 0.6) is 0 Å². The summed E-state index contributed by atoms with van der Waals surface area (Å²) in [5, 5.41) is 3.42. The van der Waals surface area contributed by atoms with E-state index in [1.54, 1.807) is 0 Å². The van der Waals surface area contributed by atoms with Crippen molar-refractivity contribution in [3.05, 3.63) is 41.9 Å². The highest BCUT2D eigenvalue weighted by Gasteiger charge is 2.25. The molecule has 0 bridgehead atoms. The molecule has 2 heterocycles. The summed E-state index contributed by atoms with van der Waals surface area (Å²) in [5.41, 5.74) is 4.82. The summed E-state index contributed by atoms with van der Waals surface area (Å²) >= 11 is 0. The van der Waals surface area contributed by atoms with Crippen molar-refractivity contribution in [2.75, 3.05) is 31.1 Å². The quantitative estimate of drug-likeness (QED) is 0.946. The van der Waals surface area contributed by atoms with Gasteiger partial charge in [-0.25, -0.2) is 9.97 Å². The molecule has 2 fully saturated rings. The molecule has 4 heteroatoms. The maximum atomic E-state index is 5.03. The Morgan fingerprint density at radius 2 is 1.91 bits per heavy atom. The normalized spacial score (nSPS) is 18.7. The van der Waals surface area contributed by atoms with Crippen molar-refractivity contribution in [3.8, 4) is 11.3 Å². The molecule has 1 aromatic carbocycles. The molecule has 4 nitrogen and oxygen atoms in total. The Labute approximate surface area is 138 Å². The van der Waals surface area contributed by atoms with Crippen LogP contribution in [0.3, 0.4) is 0 Å². The van der Waals surface area contributed by atoms with E-state index >= 15 is 0 Å². The number of aryl methyl sites for hydroxylation is 1. The molecule has 0 atom stereocenters. The van der Waals surface area contributed by atoms with Gasteiger partial charge >= 0.3 is 0 Å². The van der Waals surface area contributed by atoms with Crippen LogP contribution in [0.4, 0.5) is 5.69 Å². The Morgan fingerprint density at radius 1 is 1.13 bits per heavy atom. The van der Waals surface area contributed by atoms with Gasteiger partial charge in [-0.15, -0.1) is 0 Å². The monoisotopic (exact) mass is 308 g/mol. The first-order chi connectivity index (χ1) is 11.3. The van der Waals surface area contributed by atoms with E-state index in [9.17, 15) is 0 Å². The largest absolute Gasteiger partial charge is 0.366 e. The summed E-state index contributed by atoms with van der Waals surface area (Å²) in [6.07, 6.45) is 5.85. The zero-order valence-electron chi connectivity index (χ0n) is 13.8. The van der Waals surface area contributed by atoms with Crippen LogP contribution in [0.1, 0.15) is 36.6 Å². The van der Waals surface area contributed by atoms with Gasteiger partial charge in [-0.05, 0) is 25.3 Å². The Hall–Kier alpha value is -1.94. The van der Waals surface area contributed by atoms with E-state index in [0.717, 1.165) is 37.7 Å². The lowest BCUT2D eigenvalue weighted by Crippen LogP contribution is -2.44. The molecule has 2 aliphatic rings. The van der Waals surface area contributed by atoms with Crippen molar-refractivity contribution in [1.82, 2.24) is 15.3 Å². The minimum atomic E-state index is 0.565. The second kappa shape index (κ2) is 6.28. The highest BCUT2D eigenvalue weighted by molar-refractivity contribution is 5.76. The number of hydrogen-bond donors (Lipinski definition) is 1. The molecule has 1 aliphatic heterocycles. The number of nitrogens with zero attached hydrogens (tertiary/aromatic N) is 3. The predicted molar refractivity (Wildman–Crippen MR) is 93.9 cm³/mol. The van der Waals surface area contributed by atoms with Crippen molar-refractivity contribution in [3.63, 3.8) is 0 Å². The maximum Gasteiger partial charge on any atom is 0.132 e. The van der Waals surface area contributed by atoms with Gasteiger partial charge in [0.2, 0.25) is 0 Å². The first-order valence-corrected chi connectivity index (χ1v) is 8.71. The number of piperazine rings is 1. The molecule has 2 aromatic rings. The van der Waals surface area contributed by atoms with Gasteiger partial charge in [0.25, 0.3) is 0 Å². The van der Waals surface area contributed by atoms with Gasteiger partial charge in [0.05, 0.1) is 17.6 Å². The first-order valence-electron chi connectivity index (χ1n) is 8.71. The van der Waals surface area contributed by atoms with Gasteiger partial charge in [0.15, 0.2) is 0 Å². The van der Waals surface area contributed by atoms with Gasteiger partial charge in [-0.1, -0.05) is 30.7 Å². The minimum absolute atomic E-state index is 0.565. The maximum absolute atomic E-state index is 5.03. The van der Waals surface area contributed by atoms with Crippen molar-refractivity contribution in [2.24, 2.45) is 0 Å². The number of benzene rings is 1. The standard InChI is InChI=1S/C19H24N4/c1-14-5-2-3-8-16(14)18-17(23-11-9-20-10-12-23)13-21-19(22-18)15-6-4-7-15/h2-3,5,8,13,15,20H,4,6-7,9-12H2,1H3. The molecule has 120 valence electrons. The van der Waals surface area contributed by atoms with Crippen LogP contribution in [-0.4, -0.2) is 36.1 Å². The molecule has 1 saturated carbocycles. The van der Waals surface area contributed by atoms with Crippen LogP contribution in [0.15, 0.2) is 30.5 Å². The van der Waals surface area contributed by atoms with Gasteiger partial charge in [-0.2, -0.15) is 0 Å². The van der Waals surface area contributed by atoms with Crippen LogP contribution in [0.25, 0.3) is 11.3 Å². The van der Waals surface area contributed by atoms with E-state index in [4.69, 9.17) is 9.97 Å². The van der Waals surface area contributed by atoms with Gasteiger partial charge in [0, 0.05) is 37.7 Å². The summed E-state index contributed by atoms with van der Waals surface area (Å²) in [5.74, 6) is 1.60. The minimum Gasteiger partial charge on any atom is -0.366 e. The van der Waals surface area contributed by atoms with E-state index in [1.807, 2.05) is 0 Å². The second-order valence-electron chi connectivity index (χ2n) is 6.64. The van der Waals surface area contributed by atoms with Crippen LogP contribution in [0, 0.1) is 6.92 Å². The van der Waals surface area contributed by atoms with Crippen LogP contribution in [-0.2, 0) is 0 Å². The van der Waals surface area contributed by atoms with Crippen molar-refractivity contribution < 1.29 is 0 Å². The Morgan fingerprint density at radius 3 is 2.61 bits per heavy atom. The fourth-order valence-electron chi connectivity index (χ4n) is 3.43. The lowest BCUT2D eigenvalue weighted by molar-refractivity contribution is 0.401. The lowest BCUT2D eigenvalue weighted by Gasteiger charge is -2.31. The zero-order valence-corrected chi connectivity index (χ0v) is 13.8. The summed E-state index contributed by atoms with van der Waals surface area (Å²) < 4.78 is 0. The molecule has 0 unspecified atom stereocenters. The van der Waals surface area contributed by atoms with Crippen molar-refractivity contribution >= 4 is 5.69 Å². The number of anilines is 1. The fourth-order valence-corrected chi connectivity index (χ4v) is 3.43. The zero-order chi connectivity index (χ0) is 15.6. The Balaban J connectivity index is 1.79. The average Bonchev–Trinajstić information content (AvgIpc) is 2.54. The topological polar surface area (TPSA) is 41.1 Å². The number of aromatic nitrogens is 2. The molecule has 1 saturated heterocycles. The van der Waals surface area contributed by atoms with Crippen LogP contribution in [0.2, 0.25) is 0 Å². The predicted octanol–water partition coefficient (Wildman–Crippen LogP) is 3.13. The van der Waals surface area contributed by atoms with E-state index in [-0.39, 0.29) is 0 Å². The van der Waals surface area contributed by atoms with E-state index in [0.29, 0.717) is 5.92 Å². The molecule has 1 aliphatic carbocycles. The third kappa shape index (κ3) is 2.83. The highest BCUT2D eigenvalue weighted by atomic mass is 15.2. The molecule has 1 N–H and O–H groups in total. The number of nitrogens with one attached hydrogen (secondary N) is 1. The third-order valence-corrected chi connectivity index (χ3v) is 5.12. The SMILES string of the molecule is Cc1ccccc1-c1nc(C2CCC2)ncc1N1CCNCC1. The van der Waals surface area contributed by atoms with Crippen molar-refractivity contribution in [1.29, 1.82) is 0 Å². The number of hydrogen-bond acceptors (Lipinski definition) is 4. The molecule has 0 amide bonds. The summed E-state index contributed by atoms with van der Waals surface area (Å²) in [6.45, 7) is 6.26. The molecular formula is C19H24N4. The van der Waals surface area contributed by atoms with Gasteiger partial charge in [0.1, 0.15) is 5.82 Å². The smallest absolute Gasteiger partial charge is 0.132 e. The second-order valence-corrected chi connectivity index (χ2v) is 6.64. The molecule has 1 aromatic heterocycles. The van der Waals surface area contributed by atoms with Crippen LogP contribution >= 0.6 is 0 Å². The molecule has 23 heavy (non-hydrogen) atoms. The molecular weight excluding hydrogens is 284 g/mol. The number of rotatable bonds is 3.